The van der Waals surface area contributed by atoms with E-state index in [9.17, 15) is 9.59 Å². The van der Waals surface area contributed by atoms with Crippen molar-refractivity contribution in [2.24, 2.45) is 0 Å². The number of hydrogen-bond acceptors (Lipinski definition) is 5. The molecular weight excluding hydrogens is 320 g/mol. The SMILES string of the molecule is CN(C)c1ccc(NC(=O)COc2ccc3c(c2)CCC(=O)N3)cn1. The largest absolute Gasteiger partial charge is 0.484 e. The molecular formula is C18H20N4O3. The molecule has 130 valence electrons. The van der Waals surface area contributed by atoms with Gasteiger partial charge in [-0.2, -0.15) is 0 Å². The summed E-state index contributed by atoms with van der Waals surface area (Å²) in [7, 11) is 3.80. The minimum atomic E-state index is -0.259. The van der Waals surface area contributed by atoms with Crippen LogP contribution in [0.4, 0.5) is 17.2 Å². The number of nitrogens with one attached hydrogen (secondary N) is 2. The fourth-order valence-corrected chi connectivity index (χ4v) is 2.52. The topological polar surface area (TPSA) is 83.6 Å². The second-order valence-corrected chi connectivity index (χ2v) is 6.00. The van der Waals surface area contributed by atoms with Crippen molar-refractivity contribution < 1.29 is 14.3 Å². The molecule has 0 spiro atoms. The van der Waals surface area contributed by atoms with Gasteiger partial charge < -0.3 is 20.3 Å². The van der Waals surface area contributed by atoms with E-state index in [0.717, 1.165) is 17.1 Å². The third-order valence-electron chi connectivity index (χ3n) is 3.83. The molecule has 2 N–H and O–H groups in total. The van der Waals surface area contributed by atoms with Crippen LogP contribution in [0.25, 0.3) is 0 Å². The molecule has 0 aliphatic carbocycles. The average molecular weight is 340 g/mol. The molecule has 2 heterocycles. The average Bonchev–Trinajstić information content (AvgIpc) is 2.60. The van der Waals surface area contributed by atoms with Crippen LogP contribution in [-0.4, -0.2) is 37.5 Å². The number of rotatable bonds is 5. The molecule has 1 aromatic heterocycles. The molecule has 0 unspecified atom stereocenters. The number of nitrogens with zero attached hydrogens (tertiary/aromatic N) is 2. The van der Waals surface area contributed by atoms with Crippen LogP contribution in [0.5, 0.6) is 5.75 Å². The molecule has 7 heteroatoms. The van der Waals surface area contributed by atoms with Crippen LogP contribution in [0.15, 0.2) is 36.5 Å². The fraction of sp³-hybridized carbons (Fsp3) is 0.278. The van der Waals surface area contributed by atoms with Gasteiger partial charge in [-0.25, -0.2) is 4.98 Å². The van der Waals surface area contributed by atoms with E-state index in [1.54, 1.807) is 24.4 Å². The van der Waals surface area contributed by atoms with E-state index in [4.69, 9.17) is 4.74 Å². The molecule has 0 atom stereocenters. The van der Waals surface area contributed by atoms with Gasteiger partial charge >= 0.3 is 0 Å². The first-order chi connectivity index (χ1) is 12.0. The van der Waals surface area contributed by atoms with Crippen molar-refractivity contribution in [3.8, 4) is 5.75 Å². The standard InChI is InChI=1S/C18H20N4O3/c1-22(2)16-7-4-13(10-19-16)20-18(24)11-25-14-5-6-15-12(9-14)3-8-17(23)21-15/h4-7,9-10H,3,8,11H2,1-2H3,(H,20,24)(H,21,23). The highest BCUT2D eigenvalue weighted by atomic mass is 16.5. The van der Waals surface area contributed by atoms with Gasteiger partial charge in [0.05, 0.1) is 11.9 Å². The monoisotopic (exact) mass is 340 g/mol. The second kappa shape index (κ2) is 7.21. The van der Waals surface area contributed by atoms with E-state index < -0.39 is 0 Å². The Morgan fingerprint density at radius 3 is 2.84 bits per heavy atom. The van der Waals surface area contributed by atoms with Crippen molar-refractivity contribution >= 4 is 29.0 Å². The predicted molar refractivity (Wildman–Crippen MR) is 96.1 cm³/mol. The number of aryl methyl sites for hydroxylation is 1. The van der Waals surface area contributed by atoms with Gasteiger partial charge in [0.2, 0.25) is 5.91 Å². The highest BCUT2D eigenvalue weighted by molar-refractivity contribution is 5.94. The zero-order chi connectivity index (χ0) is 17.8. The molecule has 0 bridgehead atoms. The first-order valence-corrected chi connectivity index (χ1v) is 8.00. The number of hydrogen-bond donors (Lipinski definition) is 2. The Kier molecular flexibility index (Phi) is 4.83. The van der Waals surface area contributed by atoms with Crippen LogP contribution < -0.4 is 20.3 Å². The lowest BCUT2D eigenvalue weighted by Gasteiger charge is -2.17. The molecule has 1 aliphatic rings. The van der Waals surface area contributed by atoms with Crippen molar-refractivity contribution in [3.05, 3.63) is 42.1 Å². The molecule has 0 fully saturated rings. The zero-order valence-corrected chi connectivity index (χ0v) is 14.2. The number of amides is 2. The van der Waals surface area contributed by atoms with Crippen LogP contribution in [0.1, 0.15) is 12.0 Å². The molecule has 0 saturated heterocycles. The highest BCUT2D eigenvalue weighted by Crippen LogP contribution is 2.26. The quantitative estimate of drug-likeness (QED) is 0.870. The molecule has 0 saturated carbocycles. The normalized spacial score (nSPS) is 12.8. The molecule has 1 aromatic carbocycles. The maximum absolute atomic E-state index is 12.0. The van der Waals surface area contributed by atoms with E-state index in [0.29, 0.717) is 24.3 Å². The summed E-state index contributed by atoms with van der Waals surface area (Å²) >= 11 is 0. The summed E-state index contributed by atoms with van der Waals surface area (Å²) in [6, 6.07) is 9.01. The van der Waals surface area contributed by atoms with Gasteiger partial charge in [0.15, 0.2) is 6.61 Å². The van der Waals surface area contributed by atoms with E-state index in [2.05, 4.69) is 15.6 Å². The minimum absolute atomic E-state index is 0.0226. The third kappa shape index (κ3) is 4.26. The number of aromatic nitrogens is 1. The summed E-state index contributed by atoms with van der Waals surface area (Å²) in [6.45, 7) is -0.0966. The summed E-state index contributed by atoms with van der Waals surface area (Å²) in [5, 5.41) is 5.56. The summed E-state index contributed by atoms with van der Waals surface area (Å²) in [4.78, 5) is 29.5. The Hall–Kier alpha value is -3.09. The maximum Gasteiger partial charge on any atom is 0.262 e. The van der Waals surface area contributed by atoms with Gasteiger partial charge in [-0.3, -0.25) is 9.59 Å². The van der Waals surface area contributed by atoms with Gasteiger partial charge in [-0.1, -0.05) is 0 Å². The predicted octanol–water partition coefficient (Wildman–Crippen LogP) is 2.05. The number of carbonyl (C=O) groups is 2. The molecule has 25 heavy (non-hydrogen) atoms. The third-order valence-corrected chi connectivity index (χ3v) is 3.83. The Bertz CT molecular complexity index is 787. The van der Waals surface area contributed by atoms with Gasteiger partial charge in [0.1, 0.15) is 11.6 Å². The Labute approximate surface area is 146 Å². The van der Waals surface area contributed by atoms with Gasteiger partial charge in [-0.05, 0) is 42.3 Å². The smallest absolute Gasteiger partial charge is 0.262 e. The number of benzene rings is 1. The van der Waals surface area contributed by atoms with Crippen molar-refractivity contribution in [2.45, 2.75) is 12.8 Å². The van der Waals surface area contributed by atoms with E-state index in [-0.39, 0.29) is 18.4 Å². The number of carbonyl (C=O) groups excluding carboxylic acids is 2. The van der Waals surface area contributed by atoms with E-state index >= 15 is 0 Å². The summed E-state index contributed by atoms with van der Waals surface area (Å²) in [5.74, 6) is 1.18. The van der Waals surface area contributed by atoms with Crippen LogP contribution in [0.3, 0.4) is 0 Å². The van der Waals surface area contributed by atoms with Crippen molar-refractivity contribution in [1.82, 2.24) is 4.98 Å². The maximum atomic E-state index is 12.0. The Morgan fingerprint density at radius 2 is 2.12 bits per heavy atom. The summed E-state index contributed by atoms with van der Waals surface area (Å²) in [5.41, 5.74) is 2.44. The van der Waals surface area contributed by atoms with E-state index in [1.165, 1.54) is 0 Å². The molecule has 0 radical (unpaired) electrons. The number of ether oxygens (including phenoxy) is 1. The molecule has 3 rings (SSSR count). The van der Waals surface area contributed by atoms with Crippen molar-refractivity contribution in [3.63, 3.8) is 0 Å². The number of anilines is 3. The lowest BCUT2D eigenvalue weighted by Crippen LogP contribution is -2.21. The Morgan fingerprint density at radius 1 is 1.28 bits per heavy atom. The van der Waals surface area contributed by atoms with Crippen LogP contribution in [0.2, 0.25) is 0 Å². The lowest BCUT2D eigenvalue weighted by atomic mass is 10.0. The van der Waals surface area contributed by atoms with Crippen LogP contribution in [-0.2, 0) is 16.0 Å². The van der Waals surface area contributed by atoms with Crippen LogP contribution >= 0.6 is 0 Å². The lowest BCUT2D eigenvalue weighted by molar-refractivity contribution is -0.118. The molecule has 2 amide bonds. The second-order valence-electron chi connectivity index (χ2n) is 6.00. The number of fused-ring (bicyclic) bond motifs is 1. The highest BCUT2D eigenvalue weighted by Gasteiger charge is 2.15. The van der Waals surface area contributed by atoms with Gasteiger partial charge in [0, 0.05) is 26.2 Å². The fourth-order valence-electron chi connectivity index (χ4n) is 2.52. The van der Waals surface area contributed by atoms with Crippen molar-refractivity contribution in [1.29, 1.82) is 0 Å². The van der Waals surface area contributed by atoms with Gasteiger partial charge in [0.25, 0.3) is 5.91 Å². The van der Waals surface area contributed by atoms with Crippen LogP contribution in [0, 0.1) is 0 Å². The van der Waals surface area contributed by atoms with Gasteiger partial charge in [-0.15, -0.1) is 0 Å². The first kappa shape index (κ1) is 16.8. The molecule has 1 aliphatic heterocycles. The summed E-state index contributed by atoms with van der Waals surface area (Å²) < 4.78 is 5.54. The minimum Gasteiger partial charge on any atom is -0.484 e. The number of pyridine rings is 1. The Balaban J connectivity index is 1.54. The summed E-state index contributed by atoms with van der Waals surface area (Å²) in [6.07, 6.45) is 2.75. The molecule has 7 nitrogen and oxygen atoms in total. The first-order valence-electron chi connectivity index (χ1n) is 8.00. The van der Waals surface area contributed by atoms with E-state index in [1.807, 2.05) is 31.1 Å². The zero-order valence-electron chi connectivity index (χ0n) is 14.2. The molecule has 2 aromatic rings. The van der Waals surface area contributed by atoms with Crippen molar-refractivity contribution in [2.75, 3.05) is 36.2 Å².